The Hall–Kier alpha value is -3.73. The molecule has 0 aliphatic carbocycles. The van der Waals surface area contributed by atoms with Gasteiger partial charge in [0.2, 0.25) is 5.16 Å². The lowest BCUT2D eigenvalue weighted by Crippen LogP contribution is -2.45. The van der Waals surface area contributed by atoms with Gasteiger partial charge in [0.15, 0.2) is 5.82 Å². The number of benzene rings is 1. The highest BCUT2D eigenvalue weighted by molar-refractivity contribution is 7.84. The number of anilines is 1. The number of hydrogen-bond acceptors (Lipinski definition) is 5. The van der Waals surface area contributed by atoms with E-state index in [0.29, 0.717) is 16.7 Å². The van der Waals surface area contributed by atoms with E-state index in [1.54, 1.807) is 25.1 Å². The summed E-state index contributed by atoms with van der Waals surface area (Å²) in [5.41, 5.74) is 1.61. The van der Waals surface area contributed by atoms with E-state index >= 15 is 0 Å². The SMILES string of the molecule is C=C/C=C(F)\C(=C(/C)F)N1C(=O)NCc2c(-c3cc(C(=O)NC(C)C)ccc3C)nc(S(C)=O)nc21. The van der Waals surface area contributed by atoms with E-state index in [2.05, 4.69) is 27.2 Å². The van der Waals surface area contributed by atoms with Crippen LogP contribution in [0.2, 0.25) is 0 Å². The lowest BCUT2D eigenvalue weighted by Gasteiger charge is -2.31. The largest absolute Gasteiger partial charge is 0.350 e. The summed E-state index contributed by atoms with van der Waals surface area (Å²) >= 11 is 0. The summed E-state index contributed by atoms with van der Waals surface area (Å²) in [7, 11) is -1.70. The van der Waals surface area contributed by atoms with Crippen LogP contribution in [0, 0.1) is 6.92 Å². The Morgan fingerprint density at radius 1 is 1.31 bits per heavy atom. The van der Waals surface area contributed by atoms with Gasteiger partial charge in [-0.05, 0) is 51.5 Å². The van der Waals surface area contributed by atoms with Crippen LogP contribution in [0.1, 0.15) is 42.3 Å². The summed E-state index contributed by atoms with van der Waals surface area (Å²) in [4.78, 5) is 35.0. The number of hydrogen-bond donors (Lipinski definition) is 2. The Balaban J connectivity index is 2.33. The maximum Gasteiger partial charge on any atom is 0.328 e. The summed E-state index contributed by atoms with van der Waals surface area (Å²) in [5, 5.41) is 5.28. The highest BCUT2D eigenvalue weighted by Gasteiger charge is 2.35. The fraction of sp³-hybridized carbons (Fsp3) is 0.280. The smallest absolute Gasteiger partial charge is 0.328 e. The van der Waals surface area contributed by atoms with E-state index in [9.17, 15) is 22.6 Å². The minimum atomic E-state index is -1.70. The first-order valence-electron chi connectivity index (χ1n) is 11.0. The monoisotopic (exact) mass is 515 g/mol. The van der Waals surface area contributed by atoms with Gasteiger partial charge in [0.25, 0.3) is 5.91 Å². The number of nitrogens with zero attached hydrogens (tertiary/aromatic N) is 3. The van der Waals surface area contributed by atoms with Crippen molar-refractivity contribution in [2.75, 3.05) is 11.2 Å². The van der Waals surface area contributed by atoms with Crippen LogP contribution in [-0.4, -0.2) is 38.4 Å². The summed E-state index contributed by atoms with van der Waals surface area (Å²) in [6.45, 7) is 9.85. The predicted molar refractivity (Wildman–Crippen MR) is 135 cm³/mol. The number of amides is 3. The molecule has 2 heterocycles. The van der Waals surface area contributed by atoms with E-state index in [-0.39, 0.29) is 35.2 Å². The number of urea groups is 1. The van der Waals surface area contributed by atoms with Gasteiger partial charge in [-0.25, -0.2) is 28.4 Å². The second-order valence-electron chi connectivity index (χ2n) is 8.40. The van der Waals surface area contributed by atoms with Gasteiger partial charge < -0.3 is 10.6 Å². The van der Waals surface area contributed by atoms with E-state index < -0.39 is 34.2 Å². The van der Waals surface area contributed by atoms with Gasteiger partial charge >= 0.3 is 6.03 Å². The Morgan fingerprint density at radius 2 is 2.00 bits per heavy atom. The van der Waals surface area contributed by atoms with Gasteiger partial charge in [-0.15, -0.1) is 0 Å². The number of carbonyl (C=O) groups is 2. The third kappa shape index (κ3) is 5.40. The molecule has 0 bridgehead atoms. The van der Waals surface area contributed by atoms with Crippen molar-refractivity contribution in [3.8, 4) is 11.3 Å². The molecule has 8 nitrogen and oxygen atoms in total. The molecule has 11 heteroatoms. The van der Waals surface area contributed by atoms with E-state index in [1.807, 2.05) is 13.8 Å². The number of aryl methyl sites for hydroxylation is 1. The third-order valence-corrected chi connectivity index (χ3v) is 5.96. The summed E-state index contributed by atoms with van der Waals surface area (Å²) in [6, 6.07) is 4.14. The summed E-state index contributed by atoms with van der Waals surface area (Å²) < 4.78 is 41.9. The molecule has 1 atom stereocenters. The van der Waals surface area contributed by atoms with E-state index in [0.717, 1.165) is 29.5 Å². The number of halogens is 2. The average Bonchev–Trinajstić information content (AvgIpc) is 2.79. The molecule has 0 saturated heterocycles. The van der Waals surface area contributed by atoms with Crippen LogP contribution in [0.4, 0.5) is 19.4 Å². The van der Waals surface area contributed by atoms with Crippen molar-refractivity contribution in [2.24, 2.45) is 0 Å². The number of fused-ring (bicyclic) bond motifs is 1. The molecule has 2 N–H and O–H groups in total. The zero-order chi connectivity index (χ0) is 26.7. The molecule has 0 saturated carbocycles. The topological polar surface area (TPSA) is 104 Å². The van der Waals surface area contributed by atoms with Gasteiger partial charge in [0.05, 0.1) is 23.0 Å². The first-order valence-corrected chi connectivity index (χ1v) is 12.6. The van der Waals surface area contributed by atoms with Crippen LogP contribution in [0.5, 0.6) is 0 Å². The van der Waals surface area contributed by atoms with Crippen molar-refractivity contribution >= 4 is 28.6 Å². The van der Waals surface area contributed by atoms with E-state index in [4.69, 9.17) is 0 Å². The molecule has 1 unspecified atom stereocenters. The van der Waals surface area contributed by atoms with Gasteiger partial charge in [-0.1, -0.05) is 18.7 Å². The lowest BCUT2D eigenvalue weighted by atomic mass is 9.97. The molecule has 36 heavy (non-hydrogen) atoms. The second-order valence-corrected chi connectivity index (χ2v) is 9.67. The predicted octanol–water partition coefficient (Wildman–Crippen LogP) is 4.60. The van der Waals surface area contributed by atoms with Gasteiger partial charge in [-0.2, -0.15) is 0 Å². The number of carbonyl (C=O) groups excluding carboxylic acids is 2. The zero-order valence-corrected chi connectivity index (χ0v) is 21.4. The third-order valence-electron chi connectivity index (χ3n) is 5.27. The molecule has 0 radical (unpaired) electrons. The quantitative estimate of drug-likeness (QED) is 0.414. The molecule has 0 spiro atoms. The van der Waals surface area contributed by atoms with Crippen LogP contribution in [0.25, 0.3) is 11.3 Å². The van der Waals surface area contributed by atoms with Gasteiger partial charge in [0.1, 0.15) is 17.4 Å². The number of rotatable bonds is 7. The average molecular weight is 516 g/mol. The second kappa shape index (κ2) is 10.9. The normalized spacial score (nSPS) is 15.2. The first kappa shape index (κ1) is 26.9. The van der Waals surface area contributed by atoms with Crippen molar-refractivity contribution in [2.45, 2.75) is 45.4 Å². The fourth-order valence-corrected chi connectivity index (χ4v) is 4.10. The Kier molecular flexibility index (Phi) is 8.13. The highest BCUT2D eigenvalue weighted by Crippen LogP contribution is 2.37. The zero-order valence-electron chi connectivity index (χ0n) is 20.6. The molecule has 1 aromatic heterocycles. The molecule has 3 amide bonds. The van der Waals surface area contributed by atoms with Crippen molar-refractivity contribution in [3.63, 3.8) is 0 Å². The Labute approximate surface area is 210 Å². The number of allylic oxidation sites excluding steroid dienone is 4. The van der Waals surface area contributed by atoms with Crippen LogP contribution >= 0.6 is 0 Å². The molecule has 1 aromatic carbocycles. The van der Waals surface area contributed by atoms with Crippen LogP contribution in [0.15, 0.2) is 59.4 Å². The van der Waals surface area contributed by atoms with E-state index in [1.165, 1.54) is 6.26 Å². The fourth-order valence-electron chi connectivity index (χ4n) is 3.67. The van der Waals surface area contributed by atoms with Crippen LogP contribution < -0.4 is 15.5 Å². The summed E-state index contributed by atoms with van der Waals surface area (Å²) in [5.74, 6) is -2.42. The van der Waals surface area contributed by atoms with Crippen molar-refractivity contribution in [3.05, 3.63) is 71.0 Å². The van der Waals surface area contributed by atoms with Crippen molar-refractivity contribution in [1.82, 2.24) is 20.6 Å². The highest BCUT2D eigenvalue weighted by atomic mass is 32.2. The maximum absolute atomic E-state index is 14.9. The Bertz CT molecular complexity index is 1330. The first-order chi connectivity index (χ1) is 17.0. The molecule has 3 rings (SSSR count). The van der Waals surface area contributed by atoms with Gasteiger partial charge in [-0.3, -0.25) is 9.00 Å². The van der Waals surface area contributed by atoms with Crippen molar-refractivity contribution < 1.29 is 22.6 Å². The maximum atomic E-state index is 14.9. The van der Waals surface area contributed by atoms with Crippen molar-refractivity contribution in [1.29, 1.82) is 0 Å². The van der Waals surface area contributed by atoms with Crippen LogP contribution in [-0.2, 0) is 17.3 Å². The molecular weight excluding hydrogens is 488 g/mol. The van der Waals surface area contributed by atoms with Crippen LogP contribution in [0.3, 0.4) is 0 Å². The Morgan fingerprint density at radius 3 is 2.58 bits per heavy atom. The molecule has 0 fully saturated rings. The molecule has 1 aliphatic heterocycles. The van der Waals surface area contributed by atoms with Gasteiger partial charge in [0, 0.05) is 29.0 Å². The molecular formula is C25H27F2N5O3S. The standard InChI is InChI=1S/C25H27F2N5O3S/c1-7-8-19(27)21(15(5)26)32-22-18(12-28-25(32)34)20(30-24(31-22)36(6)35)17-11-16(10-9-14(17)4)23(33)29-13(2)3/h7-11,13H,1,12H2,2-6H3,(H,28,34)(H,29,33)/b19-8+,21-15-. The number of aromatic nitrogens is 2. The summed E-state index contributed by atoms with van der Waals surface area (Å²) in [6.07, 6.45) is 3.39. The number of nitrogens with one attached hydrogen (secondary N) is 2. The molecule has 190 valence electrons. The molecule has 1 aliphatic rings. The minimum Gasteiger partial charge on any atom is -0.350 e. The minimum absolute atomic E-state index is 0.0517. The molecule has 2 aromatic rings. The lowest BCUT2D eigenvalue weighted by molar-refractivity contribution is 0.0943.